The van der Waals surface area contributed by atoms with E-state index in [1.165, 1.54) is 6.07 Å². The molecule has 1 aromatic heterocycles. The van der Waals surface area contributed by atoms with Gasteiger partial charge in [-0.2, -0.15) is 0 Å². The van der Waals surface area contributed by atoms with E-state index in [0.29, 0.717) is 16.0 Å². The lowest BCUT2D eigenvalue weighted by Gasteiger charge is -2.26. The largest absolute Gasteiger partial charge is 0.449 e. The lowest BCUT2D eigenvalue weighted by atomic mass is 9.98. The van der Waals surface area contributed by atoms with Crippen LogP contribution >= 0.6 is 47.8 Å². The molecule has 5 nitrogen and oxygen atoms in total. The highest BCUT2D eigenvalue weighted by molar-refractivity contribution is 9.10. The van der Waals surface area contributed by atoms with Crippen LogP contribution in [0.2, 0.25) is 1.41 Å². The van der Waals surface area contributed by atoms with Crippen molar-refractivity contribution in [1.82, 2.24) is 4.98 Å². The fourth-order valence-corrected chi connectivity index (χ4v) is 5.08. The Hall–Kier alpha value is -0.930. The second-order valence-electron chi connectivity index (χ2n) is 5.27. The average molecular weight is 530 g/mol. The number of carbonyl (C=O) groups excluding carboxylic acids is 1. The Kier molecular flexibility index (Phi) is 6.29. The van der Waals surface area contributed by atoms with E-state index >= 15 is 0 Å². The normalized spacial score (nSPS) is 12.1. The van der Waals surface area contributed by atoms with Crippen LogP contribution in [0.15, 0.2) is 29.1 Å². The number of benzene rings is 1. The molecule has 0 atom stereocenters. The molecule has 0 saturated heterocycles. The van der Waals surface area contributed by atoms with Crippen molar-refractivity contribution in [2.75, 3.05) is 27.9 Å². The first kappa shape index (κ1) is 17.9. The third-order valence-corrected chi connectivity index (χ3v) is 6.89. The van der Waals surface area contributed by atoms with Gasteiger partial charge in [0.1, 0.15) is 18.2 Å². The first-order valence-electron chi connectivity index (χ1n) is 7.27. The molecule has 2 N–H and O–H groups in total. The Balaban J connectivity index is 2.20. The third-order valence-electron chi connectivity index (χ3n) is 3.32. The van der Waals surface area contributed by atoms with Crippen molar-refractivity contribution in [1.29, 1.82) is 0 Å². The van der Waals surface area contributed by atoms with E-state index in [0.717, 1.165) is 23.2 Å². The molecule has 0 fully saturated rings. The molecule has 0 unspecified atom stereocenters. The maximum atomic E-state index is 13.3. The molecule has 2 aromatic rings. The van der Waals surface area contributed by atoms with Gasteiger partial charge in [0.25, 0.3) is 0 Å². The minimum absolute atomic E-state index is 0.0590. The molecule has 0 saturated carbocycles. The number of rotatable bonds is 6. The molecule has 1 amide bonds. The number of aromatic amines is 1. The smallest absolute Gasteiger partial charge is 0.412 e. The zero-order chi connectivity index (χ0) is 18.6. The number of anilines is 1. The quantitative estimate of drug-likeness (QED) is 0.545. The van der Waals surface area contributed by atoms with E-state index in [2.05, 4.69) is 53.1 Å². The zero-order valence-corrected chi connectivity index (χ0v) is 17.1. The number of hydrogen-bond donors (Lipinski definition) is 2. The van der Waals surface area contributed by atoms with Gasteiger partial charge in [-0.3, -0.25) is 10.1 Å². The van der Waals surface area contributed by atoms with E-state index in [1.54, 1.807) is 0 Å². The number of pyridine rings is 1. The minimum atomic E-state index is -0.783. The number of carbonyl (C=O) groups is 1. The standard InChI is InChI=1S/C15H14Br3FN2O3/c16-5-15(6-17,7-18)8-24-14(23)21-13-4-12(22)10-3-9(19)1-2-11(10)20-13/h1-4H,5-8H2,(H2,20,21,22,23)/i/hD. The molecular formula is C15H14Br3FN2O3. The highest BCUT2D eigenvalue weighted by Crippen LogP contribution is 2.26. The van der Waals surface area contributed by atoms with Gasteiger partial charge in [-0.15, -0.1) is 0 Å². The molecule has 0 aliphatic heterocycles. The van der Waals surface area contributed by atoms with Gasteiger partial charge < -0.3 is 9.71 Å². The van der Waals surface area contributed by atoms with E-state index in [4.69, 9.17) is 6.15 Å². The van der Waals surface area contributed by atoms with Gasteiger partial charge in [-0.25, -0.2) is 9.18 Å². The van der Waals surface area contributed by atoms with Crippen LogP contribution in [0.3, 0.4) is 0 Å². The van der Waals surface area contributed by atoms with Crippen molar-refractivity contribution >= 4 is 70.6 Å². The fraction of sp³-hybridized carbons (Fsp3) is 0.333. The summed E-state index contributed by atoms with van der Waals surface area (Å²) in [5.74, 6) is -0.628. The number of amides is 1. The third kappa shape index (κ3) is 4.58. The molecule has 0 bridgehead atoms. The Labute approximate surface area is 164 Å². The van der Waals surface area contributed by atoms with Crippen LogP contribution < -0.4 is 10.7 Å². The summed E-state index contributed by atoms with van der Waals surface area (Å²) in [6.07, 6.45) is -0.783. The molecule has 1 aromatic carbocycles. The number of alkyl halides is 3. The van der Waals surface area contributed by atoms with E-state index in [-0.39, 0.29) is 28.7 Å². The molecule has 0 aliphatic rings. The SMILES string of the molecule is [2H]n1c(NC(=O)OCC(CBr)(CBr)CBr)cc(=O)c2cc(F)ccc21. The monoisotopic (exact) mass is 527 g/mol. The molecule has 2 rings (SSSR count). The number of halogens is 4. The van der Waals surface area contributed by atoms with Crippen LogP contribution in [0, 0.1) is 11.2 Å². The van der Waals surface area contributed by atoms with Crippen molar-refractivity contribution in [3.8, 4) is 0 Å². The number of H-pyrrole nitrogens is 1. The minimum Gasteiger partial charge on any atom is -0.449 e. The first-order valence-corrected chi connectivity index (χ1v) is 10.2. The summed E-state index contributed by atoms with van der Waals surface area (Å²) < 4.78 is 26.5. The van der Waals surface area contributed by atoms with Crippen molar-refractivity contribution in [2.45, 2.75) is 0 Å². The van der Waals surface area contributed by atoms with Gasteiger partial charge in [0.2, 0.25) is 0 Å². The predicted octanol–water partition coefficient (Wildman–Crippen LogP) is 4.39. The Morgan fingerprint density at radius 1 is 1.29 bits per heavy atom. The predicted molar refractivity (Wildman–Crippen MR) is 103 cm³/mol. The second-order valence-corrected chi connectivity index (χ2v) is 6.95. The van der Waals surface area contributed by atoms with E-state index in [9.17, 15) is 14.0 Å². The van der Waals surface area contributed by atoms with Crippen LogP contribution in [0.4, 0.5) is 15.0 Å². The van der Waals surface area contributed by atoms with Gasteiger partial charge in [-0.05, 0) is 18.2 Å². The summed E-state index contributed by atoms with van der Waals surface area (Å²) in [6, 6.07) is 4.57. The number of hydrogen-bond acceptors (Lipinski definition) is 3. The van der Waals surface area contributed by atoms with Crippen molar-refractivity contribution in [3.63, 3.8) is 0 Å². The highest BCUT2D eigenvalue weighted by atomic mass is 79.9. The summed E-state index contributed by atoms with van der Waals surface area (Å²) in [5.41, 5.74) is -0.636. The molecule has 9 heteroatoms. The highest BCUT2D eigenvalue weighted by Gasteiger charge is 2.28. The van der Waals surface area contributed by atoms with Gasteiger partial charge in [-0.1, -0.05) is 47.8 Å². The van der Waals surface area contributed by atoms with Crippen LogP contribution in [0.5, 0.6) is 0 Å². The molecule has 0 radical (unpaired) electrons. The maximum Gasteiger partial charge on any atom is 0.412 e. The maximum absolute atomic E-state index is 13.3. The van der Waals surface area contributed by atoms with Crippen molar-refractivity contribution < 1.29 is 15.3 Å². The van der Waals surface area contributed by atoms with Gasteiger partial charge in [0.15, 0.2) is 6.84 Å². The summed E-state index contributed by atoms with van der Waals surface area (Å²) in [7, 11) is 0. The van der Waals surface area contributed by atoms with Crippen LogP contribution in [-0.2, 0) is 4.74 Å². The lowest BCUT2D eigenvalue weighted by molar-refractivity contribution is 0.125. The number of nitrogens with one attached hydrogen (secondary N) is 2. The summed E-state index contributed by atoms with van der Waals surface area (Å²) in [4.78, 5) is 24.9. The topological polar surface area (TPSA) is 71.2 Å². The van der Waals surface area contributed by atoms with E-state index < -0.39 is 17.3 Å². The molecule has 0 aliphatic carbocycles. The molecular weight excluding hydrogens is 515 g/mol. The molecule has 130 valence electrons. The van der Waals surface area contributed by atoms with Crippen molar-refractivity contribution in [2.24, 2.45) is 5.41 Å². The van der Waals surface area contributed by atoms with Gasteiger partial charge in [0.05, 0.1) is 5.52 Å². The Morgan fingerprint density at radius 2 is 1.96 bits per heavy atom. The van der Waals surface area contributed by atoms with E-state index in [1.807, 2.05) is 0 Å². The average Bonchev–Trinajstić information content (AvgIpc) is 2.61. The van der Waals surface area contributed by atoms with Crippen LogP contribution in [0.25, 0.3) is 10.9 Å². The number of aromatic nitrogens is 1. The second kappa shape index (κ2) is 8.44. The first-order chi connectivity index (χ1) is 11.9. The Morgan fingerprint density at radius 3 is 2.58 bits per heavy atom. The molecule has 24 heavy (non-hydrogen) atoms. The van der Waals surface area contributed by atoms with Crippen LogP contribution in [0.1, 0.15) is 0 Å². The van der Waals surface area contributed by atoms with Gasteiger partial charge >= 0.3 is 6.09 Å². The zero-order valence-electron chi connectivity index (χ0n) is 13.3. The molecule has 0 spiro atoms. The summed E-state index contributed by atoms with van der Waals surface area (Å²) in [5, 5.41) is 4.26. The van der Waals surface area contributed by atoms with Crippen LogP contribution in [-0.4, -0.2) is 33.7 Å². The fourth-order valence-electron chi connectivity index (χ4n) is 1.81. The number of fused-ring (bicyclic) bond motifs is 1. The van der Waals surface area contributed by atoms with Gasteiger partial charge in [0, 0.05) is 32.9 Å². The summed E-state index contributed by atoms with van der Waals surface area (Å²) >= 11 is 10.2. The van der Waals surface area contributed by atoms with Crippen molar-refractivity contribution in [3.05, 3.63) is 40.3 Å². The molecule has 1 heterocycles. The summed E-state index contributed by atoms with van der Waals surface area (Å²) in [6.45, 7) is 0.127. The number of ether oxygens (including phenoxy) is 1. The lowest BCUT2D eigenvalue weighted by Crippen LogP contribution is -2.34. The Bertz CT molecular complexity index is 834.